The first-order valence-electron chi connectivity index (χ1n) is 5.60. The van der Waals surface area contributed by atoms with Crippen LogP contribution < -0.4 is 5.73 Å². The van der Waals surface area contributed by atoms with Crippen molar-refractivity contribution in [3.8, 4) is 5.69 Å². The maximum Gasteiger partial charge on any atom is 0.169 e. The molecule has 0 saturated heterocycles. The highest BCUT2D eigenvalue weighted by atomic mass is 19.1. The number of hydrogen-bond donors (Lipinski definition) is 1. The second-order valence-corrected chi connectivity index (χ2v) is 4.02. The molecule has 2 rings (SSSR count). The summed E-state index contributed by atoms with van der Waals surface area (Å²) in [6.07, 6.45) is 1.76. The van der Waals surface area contributed by atoms with E-state index in [0.717, 1.165) is 24.2 Å². The van der Waals surface area contributed by atoms with Gasteiger partial charge in [0.25, 0.3) is 0 Å². The van der Waals surface area contributed by atoms with Gasteiger partial charge in [-0.1, -0.05) is 18.6 Å². The molecule has 0 unspecified atom stereocenters. The number of aryl methyl sites for hydroxylation is 1. The molecule has 0 amide bonds. The minimum atomic E-state index is -0.223. The topological polar surface area (TPSA) is 56.7 Å². The van der Waals surface area contributed by atoms with Crippen LogP contribution in [0.4, 0.5) is 10.2 Å². The van der Waals surface area contributed by atoms with Gasteiger partial charge in [-0.2, -0.15) is 0 Å². The maximum atomic E-state index is 13.2. The molecule has 0 fully saturated rings. The lowest BCUT2D eigenvalue weighted by Gasteiger charge is -2.07. The first kappa shape index (κ1) is 11.6. The Bertz CT molecular complexity index is 533. The molecule has 5 heteroatoms. The normalized spacial score (nSPS) is 10.8. The smallest absolute Gasteiger partial charge is 0.169 e. The molecule has 4 nitrogen and oxygen atoms in total. The third-order valence-electron chi connectivity index (χ3n) is 2.67. The SMILES string of the molecule is CCCc1c(N)nnn1-c1ccc(F)c(C)c1. The van der Waals surface area contributed by atoms with Gasteiger partial charge in [0, 0.05) is 0 Å². The Morgan fingerprint density at radius 2 is 2.18 bits per heavy atom. The van der Waals surface area contributed by atoms with E-state index in [9.17, 15) is 4.39 Å². The van der Waals surface area contributed by atoms with Crippen LogP contribution in [0.3, 0.4) is 0 Å². The maximum absolute atomic E-state index is 13.2. The number of anilines is 1. The molecule has 2 N–H and O–H groups in total. The molecule has 0 radical (unpaired) electrons. The Morgan fingerprint density at radius 1 is 1.41 bits per heavy atom. The number of hydrogen-bond acceptors (Lipinski definition) is 3. The van der Waals surface area contributed by atoms with Crippen LogP contribution >= 0.6 is 0 Å². The predicted molar refractivity (Wildman–Crippen MR) is 64.5 cm³/mol. The van der Waals surface area contributed by atoms with Crippen LogP contribution in [0.25, 0.3) is 5.69 Å². The summed E-state index contributed by atoms with van der Waals surface area (Å²) in [6, 6.07) is 4.84. The van der Waals surface area contributed by atoms with E-state index in [4.69, 9.17) is 5.73 Å². The lowest BCUT2D eigenvalue weighted by Crippen LogP contribution is -2.04. The number of nitrogens with zero attached hydrogens (tertiary/aromatic N) is 3. The van der Waals surface area contributed by atoms with Crippen LogP contribution in [0.2, 0.25) is 0 Å². The second-order valence-electron chi connectivity index (χ2n) is 4.02. The summed E-state index contributed by atoms with van der Waals surface area (Å²) in [6.45, 7) is 3.78. The summed E-state index contributed by atoms with van der Waals surface area (Å²) in [5.74, 6) is 0.215. The summed E-state index contributed by atoms with van der Waals surface area (Å²) in [5, 5.41) is 7.86. The molecular formula is C12H15FN4. The zero-order valence-corrected chi connectivity index (χ0v) is 9.94. The Balaban J connectivity index is 2.48. The molecule has 90 valence electrons. The molecule has 1 aromatic carbocycles. The van der Waals surface area contributed by atoms with E-state index < -0.39 is 0 Å². The van der Waals surface area contributed by atoms with Gasteiger partial charge >= 0.3 is 0 Å². The molecule has 0 bridgehead atoms. The molecule has 0 aliphatic carbocycles. The van der Waals surface area contributed by atoms with E-state index in [2.05, 4.69) is 17.2 Å². The Hall–Kier alpha value is -1.91. The molecule has 0 saturated carbocycles. The van der Waals surface area contributed by atoms with Crippen LogP contribution in [0.5, 0.6) is 0 Å². The molecule has 1 aromatic heterocycles. The summed E-state index contributed by atoms with van der Waals surface area (Å²) in [7, 11) is 0. The van der Waals surface area contributed by atoms with Crippen molar-refractivity contribution in [1.29, 1.82) is 0 Å². The lowest BCUT2D eigenvalue weighted by atomic mass is 10.2. The molecule has 17 heavy (non-hydrogen) atoms. The van der Waals surface area contributed by atoms with Gasteiger partial charge in [-0.3, -0.25) is 0 Å². The zero-order valence-electron chi connectivity index (χ0n) is 9.94. The molecule has 1 heterocycles. The molecule has 0 aliphatic rings. The minimum absolute atomic E-state index is 0.223. The summed E-state index contributed by atoms with van der Waals surface area (Å²) in [5.41, 5.74) is 8.01. The number of nitrogen functional groups attached to an aromatic ring is 1. The highest BCUT2D eigenvalue weighted by Crippen LogP contribution is 2.18. The molecule has 0 atom stereocenters. The van der Waals surface area contributed by atoms with Crippen molar-refractivity contribution >= 4 is 5.82 Å². The van der Waals surface area contributed by atoms with Gasteiger partial charge < -0.3 is 5.73 Å². The van der Waals surface area contributed by atoms with E-state index in [1.165, 1.54) is 6.07 Å². The van der Waals surface area contributed by atoms with Crippen molar-refractivity contribution in [2.75, 3.05) is 5.73 Å². The van der Waals surface area contributed by atoms with Crippen molar-refractivity contribution in [2.24, 2.45) is 0 Å². The summed E-state index contributed by atoms with van der Waals surface area (Å²) >= 11 is 0. The Kier molecular flexibility index (Phi) is 3.08. The van der Waals surface area contributed by atoms with E-state index >= 15 is 0 Å². The van der Waals surface area contributed by atoms with Crippen molar-refractivity contribution in [1.82, 2.24) is 15.0 Å². The Labute approximate surface area is 99.2 Å². The number of halogens is 1. The summed E-state index contributed by atoms with van der Waals surface area (Å²) in [4.78, 5) is 0. The third kappa shape index (κ3) is 2.13. The van der Waals surface area contributed by atoms with Gasteiger partial charge in [0.05, 0.1) is 11.4 Å². The number of nitrogens with two attached hydrogens (primary N) is 1. The largest absolute Gasteiger partial charge is 0.381 e. The van der Waals surface area contributed by atoms with Crippen LogP contribution in [0, 0.1) is 12.7 Å². The number of aromatic nitrogens is 3. The number of benzene rings is 1. The molecule has 2 aromatic rings. The van der Waals surface area contributed by atoms with Gasteiger partial charge in [0.2, 0.25) is 0 Å². The highest BCUT2D eigenvalue weighted by Gasteiger charge is 2.11. The zero-order chi connectivity index (χ0) is 12.4. The van der Waals surface area contributed by atoms with E-state index in [0.29, 0.717) is 11.4 Å². The second kappa shape index (κ2) is 4.53. The van der Waals surface area contributed by atoms with Crippen molar-refractivity contribution in [3.63, 3.8) is 0 Å². The summed E-state index contributed by atoms with van der Waals surface area (Å²) < 4.78 is 14.9. The Morgan fingerprint density at radius 3 is 2.82 bits per heavy atom. The molecule has 0 spiro atoms. The van der Waals surface area contributed by atoms with Gasteiger partial charge in [0.15, 0.2) is 5.82 Å². The fourth-order valence-electron chi connectivity index (χ4n) is 1.75. The first-order chi connectivity index (χ1) is 8.13. The monoisotopic (exact) mass is 234 g/mol. The van der Waals surface area contributed by atoms with Crippen LogP contribution in [0.15, 0.2) is 18.2 Å². The van der Waals surface area contributed by atoms with Gasteiger partial charge in [0.1, 0.15) is 5.82 Å². The average molecular weight is 234 g/mol. The fourth-order valence-corrected chi connectivity index (χ4v) is 1.75. The number of rotatable bonds is 3. The van der Waals surface area contributed by atoms with E-state index in [-0.39, 0.29) is 5.82 Å². The minimum Gasteiger partial charge on any atom is -0.381 e. The quantitative estimate of drug-likeness (QED) is 0.886. The van der Waals surface area contributed by atoms with Crippen LogP contribution in [-0.4, -0.2) is 15.0 Å². The van der Waals surface area contributed by atoms with Crippen molar-refractivity contribution < 1.29 is 4.39 Å². The lowest BCUT2D eigenvalue weighted by molar-refractivity contribution is 0.617. The predicted octanol–water partition coefficient (Wildman–Crippen LogP) is 2.25. The molecule has 0 aliphatic heterocycles. The van der Waals surface area contributed by atoms with Gasteiger partial charge in [-0.25, -0.2) is 9.07 Å². The molecular weight excluding hydrogens is 219 g/mol. The van der Waals surface area contributed by atoms with Gasteiger partial charge in [-0.05, 0) is 37.1 Å². The van der Waals surface area contributed by atoms with Crippen LogP contribution in [-0.2, 0) is 6.42 Å². The van der Waals surface area contributed by atoms with Gasteiger partial charge in [-0.15, -0.1) is 5.10 Å². The van der Waals surface area contributed by atoms with E-state index in [1.807, 2.05) is 0 Å². The standard InChI is InChI=1S/C12H15FN4/c1-3-4-11-12(14)15-16-17(11)9-5-6-10(13)8(2)7-9/h5-7H,3-4,14H2,1-2H3. The first-order valence-corrected chi connectivity index (χ1v) is 5.60. The average Bonchev–Trinajstić information content (AvgIpc) is 2.66. The fraction of sp³-hybridized carbons (Fsp3) is 0.333. The van der Waals surface area contributed by atoms with Crippen LogP contribution in [0.1, 0.15) is 24.6 Å². The van der Waals surface area contributed by atoms with Crippen molar-refractivity contribution in [3.05, 3.63) is 35.3 Å². The van der Waals surface area contributed by atoms with Crippen molar-refractivity contribution in [2.45, 2.75) is 26.7 Å². The third-order valence-corrected chi connectivity index (χ3v) is 2.67. The van der Waals surface area contributed by atoms with E-state index in [1.54, 1.807) is 23.7 Å². The highest BCUT2D eigenvalue weighted by molar-refractivity contribution is 5.42.